The summed E-state index contributed by atoms with van der Waals surface area (Å²) in [5.74, 6) is -0.967. The van der Waals surface area contributed by atoms with Gasteiger partial charge in [-0.05, 0) is 87.0 Å². The highest BCUT2D eigenvalue weighted by Gasteiger charge is 2.64. The number of allylic oxidation sites excluding steroid dienone is 1. The Morgan fingerprint density at radius 3 is 1.50 bits per heavy atom. The summed E-state index contributed by atoms with van der Waals surface area (Å²) in [6.45, 7) is 4.20. The van der Waals surface area contributed by atoms with Crippen LogP contribution in [0.5, 0.6) is 0 Å². The maximum atomic E-state index is 14.9. The molecule has 30 atom stereocenters. The number of carbonyl (C=O) groups excluding carboxylic acids is 1. The van der Waals surface area contributed by atoms with Crippen molar-refractivity contribution in [3.05, 3.63) is 11.6 Å². The van der Waals surface area contributed by atoms with E-state index in [0.717, 1.165) is 12.0 Å². The van der Waals surface area contributed by atoms with E-state index in [1.54, 1.807) is 0 Å². The lowest BCUT2D eigenvalue weighted by Gasteiger charge is -2.62. The molecule has 5 heterocycles. The van der Waals surface area contributed by atoms with Crippen LogP contribution in [0.15, 0.2) is 11.6 Å². The first-order chi connectivity index (χ1) is 36.9. The standard InChI is InChI=1S/C51H84O27/c1-5-20-14-49(2)12-9-30-50(3,10-6-11-51(30,4)48(68)78-43-23(13-21(57)24(15-52)71-43)70-44-38(65)35(62)31(58)25(16-53)72-44)29(49)8-7-22(20)69-47-42(77-46-40(67)37(64)33(60)27(18-55)74-46)41(34(61)28(19-56)75-47)76-45-39(66)36(63)32(59)26(17-54)73-45/h5,21-47,52-67H,6-19H2,1-4H3/b20-5+/t21?,22?,23?,24?,25?,26?,27?,28?,29-,30?,31?,32?,33?,34?,35?,36?,37?,38?,39?,40?,41?,42?,43?,44?,45?,46?,47?,49-,50+,51-/m1/s1. The average molecular weight is 1130 g/mol. The molecular weight excluding hydrogens is 1040 g/mol. The summed E-state index contributed by atoms with van der Waals surface area (Å²) in [7, 11) is 0. The van der Waals surface area contributed by atoms with E-state index in [2.05, 4.69) is 13.8 Å². The van der Waals surface area contributed by atoms with Gasteiger partial charge in [0.25, 0.3) is 0 Å². The van der Waals surface area contributed by atoms with Crippen molar-refractivity contribution >= 4 is 5.97 Å². The lowest BCUT2D eigenvalue weighted by molar-refractivity contribution is -0.394. The molecule has 3 saturated carbocycles. The first-order valence-corrected chi connectivity index (χ1v) is 27.2. The predicted molar refractivity (Wildman–Crippen MR) is 257 cm³/mol. The summed E-state index contributed by atoms with van der Waals surface area (Å²) >= 11 is 0. The van der Waals surface area contributed by atoms with Crippen LogP contribution in [0.1, 0.15) is 85.5 Å². The fraction of sp³-hybridized carbons (Fsp3) is 0.941. The number of esters is 1. The Balaban J connectivity index is 1.05. The average Bonchev–Trinajstić information content (AvgIpc) is 3.73. The summed E-state index contributed by atoms with van der Waals surface area (Å²) in [6, 6.07) is 0. The maximum Gasteiger partial charge on any atom is 0.314 e. The van der Waals surface area contributed by atoms with Crippen LogP contribution >= 0.6 is 0 Å². The summed E-state index contributed by atoms with van der Waals surface area (Å²) in [5.41, 5.74) is -1.20. The Morgan fingerprint density at radius 2 is 0.987 bits per heavy atom. The Kier molecular flexibility index (Phi) is 20.1. The predicted octanol–water partition coefficient (Wildman–Crippen LogP) is -5.62. The molecule has 8 fully saturated rings. The topological polar surface area (TPSA) is 433 Å². The third-order valence-electron chi connectivity index (χ3n) is 18.6. The van der Waals surface area contributed by atoms with Gasteiger partial charge in [-0.15, -0.1) is 0 Å². The van der Waals surface area contributed by atoms with Gasteiger partial charge in [0, 0.05) is 6.42 Å². The number of aliphatic hydroxyl groups is 16. The minimum absolute atomic E-state index is 0.0652. The van der Waals surface area contributed by atoms with Crippen LogP contribution in [0.4, 0.5) is 0 Å². The molecule has 0 radical (unpaired) electrons. The molecule has 0 aromatic heterocycles. The highest BCUT2D eigenvalue weighted by atomic mass is 16.8. The van der Waals surface area contributed by atoms with Crippen molar-refractivity contribution in [2.75, 3.05) is 33.0 Å². The lowest BCUT2D eigenvalue weighted by Crippen LogP contribution is -2.67. The summed E-state index contributed by atoms with van der Waals surface area (Å²) < 4.78 is 60.5. The van der Waals surface area contributed by atoms with Crippen LogP contribution in [-0.4, -0.2) is 274 Å². The van der Waals surface area contributed by atoms with Gasteiger partial charge in [-0.25, -0.2) is 0 Å². The van der Waals surface area contributed by atoms with E-state index in [0.29, 0.717) is 44.9 Å². The SMILES string of the molecule is C/C=C1\C[C@@]2(C)CCC3[C@](C)(C(=O)OC4OC(CO)C(O)CC4OC4OC(CO)C(O)C(O)C4O)CCC[C@@]3(C)[C@@H]2CCC1OC1OC(CO)C(O)C(OC2OC(CO)C(O)C(O)C2O)C1OC1OC(CO)C(O)C(O)C1O. The number of hydrogen-bond acceptors (Lipinski definition) is 27. The molecular formula is C51H84O27. The van der Waals surface area contributed by atoms with E-state index in [1.807, 2.05) is 19.9 Å². The molecule has 26 unspecified atom stereocenters. The highest BCUT2D eigenvalue weighted by molar-refractivity contribution is 5.77. The molecule has 8 rings (SSSR count). The molecule has 5 aliphatic heterocycles. The molecule has 16 N–H and O–H groups in total. The normalized spacial score (nSPS) is 52.7. The zero-order valence-electron chi connectivity index (χ0n) is 44.2. The number of aliphatic hydroxyl groups excluding tert-OH is 16. The van der Waals surface area contributed by atoms with Gasteiger partial charge in [-0.2, -0.15) is 0 Å². The van der Waals surface area contributed by atoms with Gasteiger partial charge in [0.05, 0.1) is 50.7 Å². The Hall–Kier alpha value is -1.79. The fourth-order valence-electron chi connectivity index (χ4n) is 14.2. The van der Waals surface area contributed by atoms with Crippen molar-refractivity contribution in [3.63, 3.8) is 0 Å². The number of fused-ring (bicyclic) bond motifs is 3. The number of ether oxygens (including phenoxy) is 10. The Bertz CT molecular complexity index is 2000. The lowest BCUT2D eigenvalue weighted by atomic mass is 9.42. The van der Waals surface area contributed by atoms with Gasteiger partial charge >= 0.3 is 5.97 Å². The first-order valence-electron chi connectivity index (χ1n) is 27.2. The van der Waals surface area contributed by atoms with Gasteiger partial charge in [-0.3, -0.25) is 4.79 Å². The number of hydrogen-bond donors (Lipinski definition) is 16. The molecule has 3 aliphatic carbocycles. The quantitative estimate of drug-likeness (QED) is 0.0537. The van der Waals surface area contributed by atoms with Crippen molar-refractivity contribution < 1.29 is 134 Å². The van der Waals surface area contributed by atoms with Crippen molar-refractivity contribution in [3.8, 4) is 0 Å². The molecule has 8 aliphatic rings. The molecule has 0 aromatic rings. The van der Waals surface area contributed by atoms with Crippen molar-refractivity contribution in [1.29, 1.82) is 0 Å². The minimum atomic E-state index is -1.98. The van der Waals surface area contributed by atoms with E-state index in [-0.39, 0.29) is 18.3 Å². The molecule has 0 aromatic carbocycles. The molecule has 0 bridgehead atoms. The first kappa shape index (κ1) is 62.3. The fourth-order valence-corrected chi connectivity index (χ4v) is 14.2. The van der Waals surface area contributed by atoms with Gasteiger partial charge in [0.2, 0.25) is 6.29 Å². The van der Waals surface area contributed by atoms with E-state index in [4.69, 9.17) is 47.4 Å². The highest BCUT2D eigenvalue weighted by Crippen LogP contribution is 2.68. The third kappa shape index (κ3) is 11.7. The zero-order valence-corrected chi connectivity index (χ0v) is 44.2. The minimum Gasteiger partial charge on any atom is -0.432 e. The van der Waals surface area contributed by atoms with Crippen molar-refractivity contribution in [1.82, 2.24) is 0 Å². The summed E-state index contributed by atoms with van der Waals surface area (Å²) in [6.07, 6.45) is -34.8. The zero-order chi connectivity index (χ0) is 56.9. The molecule has 27 nitrogen and oxygen atoms in total. The van der Waals surface area contributed by atoms with Crippen LogP contribution in [0.2, 0.25) is 0 Å². The van der Waals surface area contributed by atoms with E-state index >= 15 is 0 Å². The van der Waals surface area contributed by atoms with Crippen LogP contribution in [0.25, 0.3) is 0 Å². The molecule has 0 amide bonds. The summed E-state index contributed by atoms with van der Waals surface area (Å²) in [4.78, 5) is 14.9. The summed E-state index contributed by atoms with van der Waals surface area (Å²) in [5, 5.41) is 169. The molecule has 27 heteroatoms. The Labute approximate surface area is 450 Å². The molecule has 5 saturated heterocycles. The van der Waals surface area contributed by atoms with Crippen LogP contribution in [-0.2, 0) is 52.2 Å². The van der Waals surface area contributed by atoms with Crippen LogP contribution in [0, 0.1) is 28.1 Å². The maximum absolute atomic E-state index is 14.9. The van der Waals surface area contributed by atoms with E-state index < -0.39 is 209 Å². The molecule has 78 heavy (non-hydrogen) atoms. The molecule has 450 valence electrons. The van der Waals surface area contributed by atoms with Gasteiger partial charge in [0.1, 0.15) is 110 Å². The smallest absolute Gasteiger partial charge is 0.314 e. The largest absolute Gasteiger partial charge is 0.432 e. The van der Waals surface area contributed by atoms with Crippen molar-refractivity contribution in [2.45, 2.75) is 239 Å². The molecule has 0 spiro atoms. The van der Waals surface area contributed by atoms with Gasteiger partial charge < -0.3 is 129 Å². The van der Waals surface area contributed by atoms with Crippen LogP contribution < -0.4 is 0 Å². The van der Waals surface area contributed by atoms with Crippen LogP contribution in [0.3, 0.4) is 0 Å². The van der Waals surface area contributed by atoms with Gasteiger partial charge in [-0.1, -0.05) is 26.3 Å². The third-order valence-corrected chi connectivity index (χ3v) is 18.6. The second kappa shape index (κ2) is 25.2. The number of rotatable bonds is 15. The number of carbonyl (C=O) groups is 1. The second-order valence-corrected chi connectivity index (χ2v) is 23.4. The monoisotopic (exact) mass is 1130 g/mol. The van der Waals surface area contributed by atoms with E-state index in [1.165, 1.54) is 0 Å². The van der Waals surface area contributed by atoms with Gasteiger partial charge in [0.15, 0.2) is 25.2 Å². The second-order valence-electron chi connectivity index (χ2n) is 23.4. The van der Waals surface area contributed by atoms with E-state index in [9.17, 15) is 86.5 Å². The van der Waals surface area contributed by atoms with Crippen molar-refractivity contribution in [2.24, 2.45) is 28.1 Å². The Morgan fingerprint density at radius 1 is 0.513 bits per heavy atom.